The number of para-hydroxylation sites is 1. The predicted molar refractivity (Wildman–Crippen MR) is 98.1 cm³/mol. The normalized spacial score (nSPS) is 11.4. The molecule has 0 amide bonds. The van der Waals surface area contributed by atoms with E-state index in [9.17, 15) is 0 Å². The number of benzene rings is 2. The maximum atomic E-state index is 6.14. The van der Waals surface area contributed by atoms with Crippen molar-refractivity contribution in [1.29, 1.82) is 0 Å². The first-order valence-electron chi connectivity index (χ1n) is 7.87. The molecule has 0 aliphatic heterocycles. The van der Waals surface area contributed by atoms with Crippen molar-refractivity contribution < 1.29 is 0 Å². The molecule has 23 heavy (non-hydrogen) atoms. The first-order valence-corrected chi connectivity index (χ1v) is 8.24. The highest BCUT2D eigenvalue weighted by Gasteiger charge is 2.05. The minimum absolute atomic E-state index is 0.615. The van der Waals surface area contributed by atoms with Crippen LogP contribution < -0.4 is 5.43 Å². The van der Waals surface area contributed by atoms with E-state index < -0.39 is 0 Å². The average molecular weight is 326 g/mol. The fraction of sp³-hybridized carbons (Fsp3) is 0.211. The van der Waals surface area contributed by atoms with Gasteiger partial charge in [-0.2, -0.15) is 5.10 Å². The van der Waals surface area contributed by atoms with Crippen LogP contribution in [0, 0.1) is 0 Å². The molecule has 0 atom stereocenters. The third kappa shape index (κ3) is 3.57. The van der Waals surface area contributed by atoms with Gasteiger partial charge in [-0.1, -0.05) is 54.9 Å². The summed E-state index contributed by atoms with van der Waals surface area (Å²) in [6.07, 6.45) is 5.15. The summed E-state index contributed by atoms with van der Waals surface area (Å²) in [5, 5.41) is 6.34. The van der Waals surface area contributed by atoms with Crippen LogP contribution in [0.15, 0.2) is 59.8 Å². The maximum Gasteiger partial charge on any atom is 0.0594 e. The van der Waals surface area contributed by atoms with Crippen LogP contribution in [0.25, 0.3) is 10.9 Å². The van der Waals surface area contributed by atoms with Crippen LogP contribution in [-0.4, -0.2) is 10.8 Å². The van der Waals surface area contributed by atoms with E-state index in [-0.39, 0.29) is 0 Å². The predicted octanol–water partition coefficient (Wildman–Crippen LogP) is 4.83. The van der Waals surface area contributed by atoms with Crippen LogP contribution >= 0.6 is 11.6 Å². The first-order chi connectivity index (χ1) is 11.3. The summed E-state index contributed by atoms with van der Waals surface area (Å²) in [6, 6.07) is 16.2. The molecular weight excluding hydrogens is 306 g/mol. The molecule has 4 heteroatoms. The zero-order chi connectivity index (χ0) is 16.1. The molecule has 0 unspecified atom stereocenters. The Kier molecular flexibility index (Phi) is 4.99. The van der Waals surface area contributed by atoms with Gasteiger partial charge in [-0.05, 0) is 24.1 Å². The van der Waals surface area contributed by atoms with Crippen molar-refractivity contribution in [2.45, 2.75) is 26.4 Å². The van der Waals surface area contributed by atoms with Crippen molar-refractivity contribution in [2.24, 2.45) is 5.10 Å². The van der Waals surface area contributed by atoms with Gasteiger partial charge in [0.05, 0.1) is 12.8 Å². The Hall–Kier alpha value is -2.26. The van der Waals surface area contributed by atoms with E-state index in [1.54, 1.807) is 0 Å². The monoisotopic (exact) mass is 325 g/mol. The number of hydrogen-bond acceptors (Lipinski definition) is 2. The van der Waals surface area contributed by atoms with E-state index in [1.165, 1.54) is 10.9 Å². The summed E-state index contributed by atoms with van der Waals surface area (Å²) in [5.74, 6) is 0. The van der Waals surface area contributed by atoms with Crippen molar-refractivity contribution in [3.63, 3.8) is 0 Å². The molecule has 0 saturated heterocycles. The Morgan fingerprint density at radius 2 is 1.91 bits per heavy atom. The van der Waals surface area contributed by atoms with Crippen LogP contribution in [0.2, 0.25) is 5.02 Å². The van der Waals surface area contributed by atoms with Gasteiger partial charge >= 0.3 is 0 Å². The summed E-state index contributed by atoms with van der Waals surface area (Å²) in [4.78, 5) is 0. The fourth-order valence-corrected chi connectivity index (χ4v) is 2.89. The third-order valence-electron chi connectivity index (χ3n) is 3.81. The molecule has 1 aromatic heterocycles. The van der Waals surface area contributed by atoms with E-state index in [4.69, 9.17) is 11.6 Å². The number of fused-ring (bicyclic) bond motifs is 1. The molecule has 0 aliphatic carbocycles. The summed E-state index contributed by atoms with van der Waals surface area (Å²) in [6.45, 7) is 3.82. The Morgan fingerprint density at radius 1 is 1.13 bits per heavy atom. The lowest BCUT2D eigenvalue weighted by Crippen LogP contribution is -2.05. The molecule has 0 saturated carbocycles. The molecular formula is C19H20ClN3. The maximum absolute atomic E-state index is 6.14. The molecule has 118 valence electrons. The molecule has 3 aromatic rings. The smallest absolute Gasteiger partial charge is 0.0594 e. The Morgan fingerprint density at radius 3 is 2.74 bits per heavy atom. The summed E-state index contributed by atoms with van der Waals surface area (Å²) in [7, 11) is 0. The van der Waals surface area contributed by atoms with Crippen LogP contribution in [0.1, 0.15) is 24.5 Å². The Bertz CT molecular complexity index is 820. The van der Waals surface area contributed by atoms with Crippen LogP contribution in [0.4, 0.5) is 0 Å². The lowest BCUT2D eigenvalue weighted by molar-refractivity contribution is 0.703. The number of halogens is 1. The lowest BCUT2D eigenvalue weighted by atomic mass is 10.2. The van der Waals surface area contributed by atoms with Gasteiger partial charge in [-0.3, -0.25) is 0 Å². The summed E-state index contributed by atoms with van der Waals surface area (Å²) in [5.41, 5.74) is 6.49. The van der Waals surface area contributed by atoms with E-state index >= 15 is 0 Å². The second-order valence-electron chi connectivity index (χ2n) is 5.48. The highest BCUT2D eigenvalue weighted by molar-refractivity contribution is 6.31. The third-order valence-corrected chi connectivity index (χ3v) is 4.17. The van der Waals surface area contributed by atoms with Gasteiger partial charge < -0.3 is 9.99 Å². The van der Waals surface area contributed by atoms with E-state index in [2.05, 4.69) is 52.5 Å². The molecule has 1 heterocycles. The van der Waals surface area contributed by atoms with Crippen molar-refractivity contribution in [1.82, 2.24) is 9.99 Å². The average Bonchev–Trinajstić information content (AvgIpc) is 2.92. The van der Waals surface area contributed by atoms with Crippen LogP contribution in [0.3, 0.4) is 0 Å². The first kappa shape index (κ1) is 15.6. The molecule has 0 spiro atoms. The highest BCUT2D eigenvalue weighted by Crippen LogP contribution is 2.20. The number of nitrogens with zero attached hydrogens (tertiary/aromatic N) is 2. The molecule has 0 radical (unpaired) electrons. The SMILES string of the molecule is CCCn1cc(/C=N\NCc2ccccc2Cl)c2ccccc21. The number of hydrogen-bond donors (Lipinski definition) is 1. The molecule has 1 N–H and O–H groups in total. The summed E-state index contributed by atoms with van der Waals surface area (Å²) < 4.78 is 2.28. The minimum Gasteiger partial charge on any atom is -0.347 e. The second kappa shape index (κ2) is 7.34. The van der Waals surface area contributed by atoms with Crippen molar-refractivity contribution in [2.75, 3.05) is 0 Å². The van der Waals surface area contributed by atoms with E-state index in [1.807, 2.05) is 30.5 Å². The highest BCUT2D eigenvalue weighted by atomic mass is 35.5. The molecule has 0 aliphatic rings. The topological polar surface area (TPSA) is 29.3 Å². The molecule has 3 nitrogen and oxygen atoms in total. The van der Waals surface area contributed by atoms with E-state index in [0.717, 1.165) is 29.1 Å². The minimum atomic E-state index is 0.615. The second-order valence-corrected chi connectivity index (χ2v) is 5.89. The fourth-order valence-electron chi connectivity index (χ4n) is 2.69. The quantitative estimate of drug-likeness (QED) is 0.510. The number of nitrogens with one attached hydrogen (secondary N) is 1. The Labute approximate surface area is 141 Å². The number of rotatable bonds is 6. The van der Waals surface area contributed by atoms with Gasteiger partial charge in [0.1, 0.15) is 0 Å². The van der Waals surface area contributed by atoms with Gasteiger partial charge in [0, 0.05) is 34.2 Å². The van der Waals surface area contributed by atoms with Crippen LogP contribution in [-0.2, 0) is 13.1 Å². The van der Waals surface area contributed by atoms with Gasteiger partial charge in [0.15, 0.2) is 0 Å². The summed E-state index contributed by atoms with van der Waals surface area (Å²) >= 11 is 6.14. The number of aryl methyl sites for hydroxylation is 1. The molecule has 0 bridgehead atoms. The lowest BCUT2D eigenvalue weighted by Gasteiger charge is -2.02. The van der Waals surface area contributed by atoms with Gasteiger partial charge in [0.25, 0.3) is 0 Å². The zero-order valence-corrected chi connectivity index (χ0v) is 13.9. The largest absolute Gasteiger partial charge is 0.347 e. The van der Waals surface area contributed by atoms with Crippen molar-refractivity contribution in [3.8, 4) is 0 Å². The van der Waals surface area contributed by atoms with Gasteiger partial charge in [-0.15, -0.1) is 0 Å². The molecule has 0 fully saturated rings. The van der Waals surface area contributed by atoms with Crippen molar-refractivity contribution >= 4 is 28.7 Å². The van der Waals surface area contributed by atoms with Gasteiger partial charge in [-0.25, -0.2) is 0 Å². The number of aromatic nitrogens is 1. The van der Waals surface area contributed by atoms with Crippen LogP contribution in [0.5, 0.6) is 0 Å². The number of hydrazone groups is 1. The Balaban J connectivity index is 1.75. The van der Waals surface area contributed by atoms with E-state index in [0.29, 0.717) is 6.54 Å². The van der Waals surface area contributed by atoms with Gasteiger partial charge in [0.2, 0.25) is 0 Å². The van der Waals surface area contributed by atoms with Crippen molar-refractivity contribution in [3.05, 3.63) is 70.9 Å². The molecule has 2 aromatic carbocycles. The zero-order valence-electron chi connectivity index (χ0n) is 13.2. The standard InChI is InChI=1S/C19H20ClN3/c1-2-11-23-14-16(17-8-4-6-10-19(17)23)13-22-21-12-15-7-3-5-9-18(15)20/h3-10,13-14,21H,2,11-12H2,1H3/b22-13-. The molecule has 3 rings (SSSR count).